The summed E-state index contributed by atoms with van der Waals surface area (Å²) in [6.07, 6.45) is 0. The molecule has 0 aliphatic carbocycles. The van der Waals surface area contributed by atoms with E-state index in [1.54, 1.807) is 7.11 Å². The van der Waals surface area contributed by atoms with Crippen LogP contribution in [0.25, 0.3) is 0 Å². The third-order valence-electron chi connectivity index (χ3n) is 2.75. The first-order valence-corrected chi connectivity index (χ1v) is 6.77. The van der Waals surface area contributed by atoms with Gasteiger partial charge in [-0.1, -0.05) is 30.3 Å². The zero-order valence-corrected chi connectivity index (χ0v) is 12.3. The highest BCUT2D eigenvalue weighted by Gasteiger charge is 2.11. The van der Waals surface area contributed by atoms with Gasteiger partial charge in [0.15, 0.2) is 11.5 Å². The molecule has 2 N–H and O–H groups in total. The summed E-state index contributed by atoms with van der Waals surface area (Å²) in [5, 5.41) is 0. The van der Waals surface area contributed by atoms with Gasteiger partial charge in [0, 0.05) is 6.54 Å². The van der Waals surface area contributed by atoms with Crippen LogP contribution in [-0.4, -0.2) is 7.11 Å². The maximum absolute atomic E-state index is 5.83. The van der Waals surface area contributed by atoms with Crippen molar-refractivity contribution in [3.05, 3.63) is 58.1 Å². The average molecular weight is 322 g/mol. The van der Waals surface area contributed by atoms with Crippen LogP contribution < -0.4 is 15.2 Å². The van der Waals surface area contributed by atoms with Gasteiger partial charge in [-0.3, -0.25) is 0 Å². The van der Waals surface area contributed by atoms with Gasteiger partial charge in [0.2, 0.25) is 0 Å². The minimum Gasteiger partial charge on any atom is -0.493 e. The van der Waals surface area contributed by atoms with E-state index in [2.05, 4.69) is 15.9 Å². The van der Waals surface area contributed by atoms with Crippen molar-refractivity contribution in [1.29, 1.82) is 0 Å². The second-order valence-corrected chi connectivity index (χ2v) is 4.94. The summed E-state index contributed by atoms with van der Waals surface area (Å²) < 4.78 is 12.0. The van der Waals surface area contributed by atoms with E-state index in [4.69, 9.17) is 15.2 Å². The van der Waals surface area contributed by atoms with Crippen molar-refractivity contribution in [2.45, 2.75) is 13.2 Å². The molecule has 0 heterocycles. The predicted molar refractivity (Wildman–Crippen MR) is 79.4 cm³/mol. The van der Waals surface area contributed by atoms with Crippen LogP contribution in [0.1, 0.15) is 11.1 Å². The quantitative estimate of drug-likeness (QED) is 0.916. The molecule has 2 aromatic carbocycles. The summed E-state index contributed by atoms with van der Waals surface area (Å²) in [6, 6.07) is 13.8. The Morgan fingerprint density at radius 2 is 1.84 bits per heavy atom. The summed E-state index contributed by atoms with van der Waals surface area (Å²) in [7, 11) is 1.62. The number of halogens is 1. The molecular formula is C15H16BrNO2. The fraction of sp³-hybridized carbons (Fsp3) is 0.200. The van der Waals surface area contributed by atoms with Crippen molar-refractivity contribution >= 4 is 15.9 Å². The summed E-state index contributed by atoms with van der Waals surface area (Å²) in [5.41, 5.74) is 7.75. The highest BCUT2D eigenvalue weighted by Crippen LogP contribution is 2.37. The van der Waals surface area contributed by atoms with Crippen LogP contribution in [0.5, 0.6) is 11.5 Å². The van der Waals surface area contributed by atoms with E-state index in [-0.39, 0.29) is 0 Å². The molecule has 0 spiro atoms. The van der Waals surface area contributed by atoms with Crippen LogP contribution in [0.15, 0.2) is 46.9 Å². The molecule has 100 valence electrons. The smallest absolute Gasteiger partial charge is 0.175 e. The van der Waals surface area contributed by atoms with E-state index in [0.29, 0.717) is 24.7 Å². The molecule has 0 amide bonds. The molecule has 0 fully saturated rings. The first-order chi connectivity index (χ1) is 9.24. The van der Waals surface area contributed by atoms with E-state index < -0.39 is 0 Å². The van der Waals surface area contributed by atoms with Crippen molar-refractivity contribution in [3.63, 3.8) is 0 Å². The molecule has 0 unspecified atom stereocenters. The average Bonchev–Trinajstić information content (AvgIpc) is 2.46. The Morgan fingerprint density at radius 1 is 1.11 bits per heavy atom. The normalized spacial score (nSPS) is 10.3. The number of ether oxygens (including phenoxy) is 2. The lowest BCUT2D eigenvalue weighted by molar-refractivity contribution is 0.282. The van der Waals surface area contributed by atoms with E-state index in [0.717, 1.165) is 15.6 Å². The molecule has 0 atom stereocenters. The lowest BCUT2D eigenvalue weighted by Crippen LogP contribution is -2.01. The first-order valence-electron chi connectivity index (χ1n) is 5.97. The van der Waals surface area contributed by atoms with E-state index in [9.17, 15) is 0 Å². The molecule has 0 aliphatic heterocycles. The third-order valence-corrected chi connectivity index (χ3v) is 3.34. The lowest BCUT2D eigenvalue weighted by Gasteiger charge is -2.14. The van der Waals surface area contributed by atoms with Gasteiger partial charge in [-0.15, -0.1) is 0 Å². The molecule has 0 aliphatic rings. The molecule has 2 rings (SSSR count). The van der Waals surface area contributed by atoms with Crippen LogP contribution in [0.3, 0.4) is 0 Å². The molecule has 0 radical (unpaired) electrons. The van der Waals surface area contributed by atoms with Crippen LogP contribution >= 0.6 is 15.9 Å². The number of hydrogen-bond acceptors (Lipinski definition) is 3. The molecule has 0 saturated heterocycles. The zero-order chi connectivity index (χ0) is 13.7. The Kier molecular flexibility index (Phi) is 4.82. The summed E-state index contributed by atoms with van der Waals surface area (Å²) >= 11 is 3.49. The number of hydrogen-bond donors (Lipinski definition) is 1. The Balaban J connectivity index is 2.20. The summed E-state index contributed by atoms with van der Waals surface area (Å²) in [5.74, 6) is 1.38. The molecule has 4 heteroatoms. The molecule has 0 aromatic heterocycles. The van der Waals surface area contributed by atoms with Gasteiger partial charge >= 0.3 is 0 Å². The maximum atomic E-state index is 5.83. The van der Waals surface area contributed by atoms with Crippen molar-refractivity contribution < 1.29 is 9.47 Å². The molecule has 19 heavy (non-hydrogen) atoms. The topological polar surface area (TPSA) is 44.5 Å². The van der Waals surface area contributed by atoms with E-state index in [1.807, 2.05) is 42.5 Å². The second kappa shape index (κ2) is 6.59. The minimum absolute atomic E-state index is 0.466. The fourth-order valence-corrected chi connectivity index (χ4v) is 2.36. The molecule has 2 aromatic rings. The largest absolute Gasteiger partial charge is 0.493 e. The summed E-state index contributed by atoms with van der Waals surface area (Å²) in [6.45, 7) is 0.964. The lowest BCUT2D eigenvalue weighted by atomic mass is 10.2. The van der Waals surface area contributed by atoms with Gasteiger partial charge in [0.1, 0.15) is 6.61 Å². The van der Waals surface area contributed by atoms with Gasteiger partial charge in [-0.25, -0.2) is 0 Å². The summed E-state index contributed by atoms with van der Waals surface area (Å²) in [4.78, 5) is 0. The number of rotatable bonds is 5. The van der Waals surface area contributed by atoms with E-state index in [1.165, 1.54) is 0 Å². The predicted octanol–water partition coefficient (Wildman–Crippen LogP) is 3.50. The molecule has 0 bridgehead atoms. The van der Waals surface area contributed by atoms with Gasteiger partial charge in [-0.2, -0.15) is 0 Å². The SMILES string of the molecule is COc1cc(CN)cc(Br)c1OCc1ccccc1. The minimum atomic E-state index is 0.466. The molecule has 3 nitrogen and oxygen atoms in total. The van der Waals surface area contributed by atoms with Crippen molar-refractivity contribution in [2.24, 2.45) is 5.73 Å². The van der Waals surface area contributed by atoms with Crippen LogP contribution in [0.4, 0.5) is 0 Å². The third kappa shape index (κ3) is 3.49. The Hall–Kier alpha value is -1.52. The number of benzene rings is 2. The van der Waals surface area contributed by atoms with Crippen LogP contribution in [0, 0.1) is 0 Å². The van der Waals surface area contributed by atoms with Crippen LogP contribution in [0.2, 0.25) is 0 Å². The van der Waals surface area contributed by atoms with E-state index >= 15 is 0 Å². The highest BCUT2D eigenvalue weighted by molar-refractivity contribution is 9.10. The molecule has 0 saturated carbocycles. The fourth-order valence-electron chi connectivity index (χ4n) is 1.76. The zero-order valence-electron chi connectivity index (χ0n) is 10.7. The second-order valence-electron chi connectivity index (χ2n) is 4.09. The Bertz CT molecular complexity index is 543. The van der Waals surface area contributed by atoms with Gasteiger partial charge < -0.3 is 15.2 Å². The van der Waals surface area contributed by atoms with Gasteiger partial charge in [0.05, 0.1) is 11.6 Å². The standard InChI is InChI=1S/C15H16BrNO2/c1-18-14-8-12(9-17)7-13(16)15(14)19-10-11-5-3-2-4-6-11/h2-8H,9-10,17H2,1H3. The number of methoxy groups -OCH3 is 1. The van der Waals surface area contributed by atoms with Crippen molar-refractivity contribution in [1.82, 2.24) is 0 Å². The Morgan fingerprint density at radius 3 is 2.47 bits per heavy atom. The van der Waals surface area contributed by atoms with Crippen molar-refractivity contribution in [2.75, 3.05) is 7.11 Å². The molecular weight excluding hydrogens is 306 g/mol. The van der Waals surface area contributed by atoms with Crippen molar-refractivity contribution in [3.8, 4) is 11.5 Å². The van der Waals surface area contributed by atoms with Gasteiger partial charge in [0.25, 0.3) is 0 Å². The monoisotopic (exact) mass is 321 g/mol. The number of nitrogens with two attached hydrogens (primary N) is 1. The Labute approximate surface area is 121 Å². The first kappa shape index (κ1) is 13.9. The van der Waals surface area contributed by atoms with Crippen LogP contribution in [-0.2, 0) is 13.2 Å². The maximum Gasteiger partial charge on any atom is 0.175 e. The highest BCUT2D eigenvalue weighted by atomic mass is 79.9. The van der Waals surface area contributed by atoms with Gasteiger partial charge in [-0.05, 0) is 39.2 Å².